The molecule has 1 unspecified atom stereocenters. The van der Waals surface area contributed by atoms with E-state index in [1.807, 2.05) is 0 Å². The van der Waals surface area contributed by atoms with Crippen molar-refractivity contribution in [2.24, 2.45) is 10.4 Å². The summed E-state index contributed by atoms with van der Waals surface area (Å²) in [6, 6.07) is 0. The largest absolute Gasteiger partial charge is 0.355 e. The first-order valence-corrected chi connectivity index (χ1v) is 8.27. The van der Waals surface area contributed by atoms with Crippen molar-refractivity contribution in [2.75, 3.05) is 33.2 Å². The van der Waals surface area contributed by atoms with Crippen molar-refractivity contribution in [3.05, 3.63) is 0 Å². The number of piperidine rings is 1. The molecule has 1 heterocycles. The molecule has 6 heteroatoms. The number of nitrogens with zero attached hydrogens (tertiary/aromatic N) is 2. The van der Waals surface area contributed by atoms with Gasteiger partial charge in [0.15, 0.2) is 5.96 Å². The van der Waals surface area contributed by atoms with Crippen molar-refractivity contribution in [1.29, 1.82) is 0 Å². The number of halogens is 1. The first kappa shape index (κ1) is 21.5. The van der Waals surface area contributed by atoms with E-state index in [2.05, 4.69) is 41.3 Å². The Balaban J connectivity index is 0.00000441. The van der Waals surface area contributed by atoms with Gasteiger partial charge in [-0.2, -0.15) is 0 Å². The lowest BCUT2D eigenvalue weighted by Gasteiger charge is -2.42. The number of nitrogens with one attached hydrogen (secondary N) is 2. The van der Waals surface area contributed by atoms with E-state index in [1.165, 1.54) is 25.7 Å². The molecule has 1 amide bonds. The summed E-state index contributed by atoms with van der Waals surface area (Å²) in [5.74, 6) is 0.884. The van der Waals surface area contributed by atoms with Crippen LogP contribution in [0.4, 0.5) is 0 Å². The quantitative estimate of drug-likeness (QED) is 0.392. The monoisotopic (exact) mass is 424 g/mol. The fourth-order valence-corrected chi connectivity index (χ4v) is 3.12. The Morgan fingerprint density at radius 1 is 1.27 bits per heavy atom. The average Bonchev–Trinajstić information content (AvgIpc) is 2.45. The van der Waals surface area contributed by atoms with Gasteiger partial charge in [0, 0.05) is 26.7 Å². The van der Waals surface area contributed by atoms with E-state index >= 15 is 0 Å². The lowest BCUT2D eigenvalue weighted by atomic mass is 9.78. The molecule has 130 valence electrons. The van der Waals surface area contributed by atoms with Crippen molar-refractivity contribution < 1.29 is 4.79 Å². The van der Waals surface area contributed by atoms with Crippen molar-refractivity contribution in [2.45, 2.75) is 52.9 Å². The highest BCUT2D eigenvalue weighted by Gasteiger charge is 2.31. The molecule has 0 bridgehead atoms. The molecule has 1 saturated heterocycles. The minimum Gasteiger partial charge on any atom is -0.355 e. The number of amides is 1. The topological polar surface area (TPSA) is 56.7 Å². The normalized spacial score (nSPS) is 22.0. The number of likely N-dealkylation sites (tertiary alicyclic amines) is 1. The molecule has 1 rings (SSSR count). The molecule has 0 saturated carbocycles. The van der Waals surface area contributed by atoms with Gasteiger partial charge >= 0.3 is 0 Å². The van der Waals surface area contributed by atoms with Gasteiger partial charge in [0.25, 0.3) is 0 Å². The second-order valence-corrected chi connectivity index (χ2v) is 6.34. The van der Waals surface area contributed by atoms with E-state index in [4.69, 9.17) is 0 Å². The van der Waals surface area contributed by atoms with Crippen LogP contribution in [-0.2, 0) is 4.79 Å². The first-order chi connectivity index (χ1) is 10.0. The number of rotatable bonds is 6. The highest BCUT2D eigenvalue weighted by molar-refractivity contribution is 14.0. The molecule has 0 spiro atoms. The van der Waals surface area contributed by atoms with Crippen molar-refractivity contribution >= 4 is 35.8 Å². The third kappa shape index (κ3) is 7.15. The number of carbonyl (C=O) groups excluding carboxylic acids is 1. The number of aliphatic imine (C=N–C) groups is 1. The number of hydrogen-bond acceptors (Lipinski definition) is 2. The third-order valence-corrected chi connectivity index (χ3v) is 4.13. The smallest absolute Gasteiger partial charge is 0.239 e. The molecule has 0 aromatic heterocycles. The predicted molar refractivity (Wildman–Crippen MR) is 104 cm³/mol. The standard InChI is InChI=1S/C16H32N4O.HI/c1-5-8-16(3)9-7-11-20(13-16)15(17-4)19-12-14(21)18-10-6-2;/h5-13H2,1-4H3,(H,17,19)(H,18,21);1H. The van der Waals surface area contributed by atoms with Gasteiger partial charge in [-0.1, -0.05) is 27.2 Å². The lowest BCUT2D eigenvalue weighted by molar-refractivity contribution is -0.120. The Bertz CT molecular complexity index is 358. The maximum Gasteiger partial charge on any atom is 0.239 e. The van der Waals surface area contributed by atoms with Gasteiger partial charge in [-0.3, -0.25) is 9.79 Å². The Morgan fingerprint density at radius 3 is 2.59 bits per heavy atom. The number of hydrogen-bond donors (Lipinski definition) is 2. The van der Waals surface area contributed by atoms with Gasteiger partial charge in [-0.25, -0.2) is 0 Å². The van der Waals surface area contributed by atoms with E-state index in [0.717, 1.165) is 32.0 Å². The Kier molecular flexibility index (Phi) is 10.8. The molecule has 1 aliphatic rings. The third-order valence-electron chi connectivity index (χ3n) is 4.13. The summed E-state index contributed by atoms with van der Waals surface area (Å²) in [5, 5.41) is 6.07. The lowest BCUT2D eigenvalue weighted by Crippen LogP contribution is -2.51. The number of carbonyl (C=O) groups is 1. The van der Waals surface area contributed by atoms with Gasteiger partial charge in [0.1, 0.15) is 0 Å². The molecule has 1 atom stereocenters. The second-order valence-electron chi connectivity index (χ2n) is 6.34. The van der Waals surface area contributed by atoms with Crippen LogP contribution in [-0.4, -0.2) is 50.0 Å². The first-order valence-electron chi connectivity index (χ1n) is 8.27. The Hall–Kier alpha value is -0.530. The van der Waals surface area contributed by atoms with Gasteiger partial charge in [0.2, 0.25) is 5.91 Å². The van der Waals surface area contributed by atoms with Crippen molar-refractivity contribution in [1.82, 2.24) is 15.5 Å². The minimum absolute atomic E-state index is 0. The summed E-state index contributed by atoms with van der Waals surface area (Å²) in [6.07, 6.45) is 5.90. The van der Waals surface area contributed by atoms with E-state index in [-0.39, 0.29) is 29.9 Å². The predicted octanol–water partition coefficient (Wildman–Crippen LogP) is 2.61. The summed E-state index contributed by atoms with van der Waals surface area (Å²) in [5.41, 5.74) is 0.370. The highest BCUT2D eigenvalue weighted by atomic mass is 127. The highest BCUT2D eigenvalue weighted by Crippen LogP contribution is 2.33. The number of guanidine groups is 1. The zero-order valence-corrected chi connectivity index (χ0v) is 16.9. The fourth-order valence-electron chi connectivity index (χ4n) is 3.12. The maximum absolute atomic E-state index is 11.7. The summed E-state index contributed by atoms with van der Waals surface area (Å²) in [6.45, 7) is 9.74. The second kappa shape index (κ2) is 11.1. The van der Waals surface area contributed by atoms with Crippen LogP contribution < -0.4 is 10.6 Å². The van der Waals surface area contributed by atoms with Crippen LogP contribution >= 0.6 is 24.0 Å². The molecule has 5 nitrogen and oxygen atoms in total. The van der Waals surface area contributed by atoms with Crippen molar-refractivity contribution in [3.63, 3.8) is 0 Å². The van der Waals surface area contributed by atoms with Crippen LogP contribution in [0.2, 0.25) is 0 Å². The zero-order valence-electron chi connectivity index (χ0n) is 14.6. The van der Waals surface area contributed by atoms with Gasteiger partial charge in [0.05, 0.1) is 6.54 Å². The zero-order chi connectivity index (χ0) is 15.7. The minimum atomic E-state index is 0. The molecule has 2 N–H and O–H groups in total. The molecule has 0 aromatic rings. The summed E-state index contributed by atoms with van der Waals surface area (Å²) >= 11 is 0. The molecule has 0 aliphatic carbocycles. The van der Waals surface area contributed by atoms with Crippen molar-refractivity contribution in [3.8, 4) is 0 Å². The molecule has 0 radical (unpaired) electrons. The van der Waals surface area contributed by atoms with Crippen LogP contribution in [0.3, 0.4) is 0 Å². The van der Waals surface area contributed by atoms with E-state index in [9.17, 15) is 4.79 Å². The van der Waals surface area contributed by atoms with Crippen LogP contribution in [0, 0.1) is 5.41 Å². The SMILES string of the molecule is CCCNC(=O)CNC(=NC)N1CCCC(C)(CCC)C1.I. The van der Waals surface area contributed by atoms with Crippen LogP contribution in [0.1, 0.15) is 52.9 Å². The van der Waals surface area contributed by atoms with Gasteiger partial charge in [-0.05, 0) is 31.1 Å². The summed E-state index contributed by atoms with van der Waals surface area (Å²) in [7, 11) is 1.79. The molecule has 22 heavy (non-hydrogen) atoms. The fraction of sp³-hybridized carbons (Fsp3) is 0.875. The average molecular weight is 424 g/mol. The Labute approximate surface area is 152 Å². The van der Waals surface area contributed by atoms with E-state index in [0.29, 0.717) is 12.0 Å². The molecule has 1 aliphatic heterocycles. The van der Waals surface area contributed by atoms with E-state index in [1.54, 1.807) is 7.05 Å². The molecular formula is C16H33IN4O. The van der Waals surface area contributed by atoms with E-state index < -0.39 is 0 Å². The van der Waals surface area contributed by atoms with Crippen LogP contribution in [0.25, 0.3) is 0 Å². The summed E-state index contributed by atoms with van der Waals surface area (Å²) < 4.78 is 0. The molecular weight excluding hydrogens is 391 g/mol. The molecule has 1 fully saturated rings. The van der Waals surface area contributed by atoms with Crippen LogP contribution in [0.15, 0.2) is 4.99 Å². The van der Waals surface area contributed by atoms with Crippen LogP contribution in [0.5, 0.6) is 0 Å². The Morgan fingerprint density at radius 2 is 2.00 bits per heavy atom. The van der Waals surface area contributed by atoms with Gasteiger partial charge in [-0.15, -0.1) is 24.0 Å². The maximum atomic E-state index is 11.7. The summed E-state index contributed by atoms with van der Waals surface area (Å²) in [4.78, 5) is 18.3. The molecule has 0 aromatic carbocycles. The van der Waals surface area contributed by atoms with Gasteiger partial charge < -0.3 is 15.5 Å².